The Kier molecular flexibility index (Phi) is 1.75. The van der Waals surface area contributed by atoms with Crippen LogP contribution in [0.25, 0.3) is 0 Å². The number of nitrogens with zero attached hydrogens (tertiary/aromatic N) is 1. The molecule has 1 saturated heterocycles. The molecule has 12 heavy (non-hydrogen) atoms. The molecule has 2 rings (SSSR count). The summed E-state index contributed by atoms with van der Waals surface area (Å²) in [6.07, 6.45) is 1.66. The van der Waals surface area contributed by atoms with Gasteiger partial charge in [-0.15, -0.1) is 0 Å². The molecular weight excluding hydrogens is 158 g/mol. The normalized spacial score (nSPS) is 22.7. The van der Waals surface area contributed by atoms with Gasteiger partial charge >= 0.3 is 6.09 Å². The number of ether oxygens (including phenoxy) is 1. The molecule has 1 saturated carbocycles. The third kappa shape index (κ3) is 1.42. The van der Waals surface area contributed by atoms with Crippen molar-refractivity contribution in [1.82, 2.24) is 4.90 Å². The molecule has 1 amide bonds. The third-order valence-corrected chi connectivity index (χ3v) is 2.22. The van der Waals surface area contributed by atoms with Crippen LogP contribution in [0.5, 0.6) is 0 Å². The smallest absolute Gasteiger partial charge is 0.410 e. The van der Waals surface area contributed by atoms with Gasteiger partial charge in [-0.1, -0.05) is 0 Å². The molecule has 66 valence electrons. The maximum Gasteiger partial charge on any atom is 0.410 e. The highest BCUT2D eigenvalue weighted by Crippen LogP contribution is 2.30. The second-order valence-corrected chi connectivity index (χ2v) is 3.28. The summed E-state index contributed by atoms with van der Waals surface area (Å²) < 4.78 is 4.70. The Labute approximate surface area is 70.5 Å². The van der Waals surface area contributed by atoms with Crippen molar-refractivity contribution in [2.24, 2.45) is 5.92 Å². The topological polar surface area (TPSA) is 46.6 Å². The molecule has 0 unspecified atom stereocenters. The van der Waals surface area contributed by atoms with Crippen LogP contribution < -0.4 is 0 Å². The highest BCUT2D eigenvalue weighted by Gasteiger charge is 2.33. The second kappa shape index (κ2) is 2.77. The van der Waals surface area contributed by atoms with Crippen LogP contribution in [0.3, 0.4) is 0 Å². The first kappa shape index (κ1) is 7.58. The van der Waals surface area contributed by atoms with Crippen molar-refractivity contribution < 1.29 is 14.3 Å². The van der Waals surface area contributed by atoms with Gasteiger partial charge in [0.15, 0.2) is 5.78 Å². The lowest BCUT2D eigenvalue weighted by Gasteiger charge is -2.10. The molecule has 0 atom stereocenters. The van der Waals surface area contributed by atoms with E-state index in [1.807, 2.05) is 0 Å². The lowest BCUT2D eigenvalue weighted by molar-refractivity contribution is -0.120. The first-order chi connectivity index (χ1) is 5.77. The molecule has 0 radical (unpaired) electrons. The Balaban J connectivity index is 1.84. The number of hydrogen-bond donors (Lipinski definition) is 0. The minimum Gasteiger partial charge on any atom is -0.448 e. The molecule has 4 nitrogen and oxygen atoms in total. The molecule has 0 spiro atoms. The van der Waals surface area contributed by atoms with Crippen LogP contribution in [-0.2, 0) is 9.53 Å². The summed E-state index contributed by atoms with van der Waals surface area (Å²) >= 11 is 0. The maximum atomic E-state index is 11.3. The zero-order valence-electron chi connectivity index (χ0n) is 6.78. The Bertz CT molecular complexity index is 222. The summed E-state index contributed by atoms with van der Waals surface area (Å²) in [5.74, 6) is 0.423. The molecule has 1 aliphatic heterocycles. The van der Waals surface area contributed by atoms with Crippen molar-refractivity contribution in [3.63, 3.8) is 0 Å². The van der Waals surface area contributed by atoms with E-state index in [4.69, 9.17) is 4.74 Å². The molecule has 1 heterocycles. The molecule has 2 fully saturated rings. The van der Waals surface area contributed by atoms with E-state index in [1.54, 1.807) is 0 Å². The lowest BCUT2D eigenvalue weighted by Crippen LogP contribution is -2.31. The fourth-order valence-corrected chi connectivity index (χ4v) is 1.29. The van der Waals surface area contributed by atoms with Crippen LogP contribution in [0.2, 0.25) is 0 Å². The van der Waals surface area contributed by atoms with Crippen LogP contribution in [0.4, 0.5) is 4.79 Å². The predicted octanol–water partition coefficient (Wildman–Crippen LogP) is 0.418. The minimum atomic E-state index is -0.344. The van der Waals surface area contributed by atoms with Crippen molar-refractivity contribution >= 4 is 11.9 Å². The van der Waals surface area contributed by atoms with Gasteiger partial charge in [0, 0.05) is 5.92 Å². The monoisotopic (exact) mass is 169 g/mol. The zero-order chi connectivity index (χ0) is 8.55. The molecule has 1 aliphatic carbocycles. The predicted molar refractivity (Wildman–Crippen MR) is 40.7 cm³/mol. The number of rotatable bonds is 3. The maximum absolute atomic E-state index is 11.3. The minimum absolute atomic E-state index is 0.189. The fraction of sp³-hybridized carbons (Fsp3) is 0.750. The van der Waals surface area contributed by atoms with Gasteiger partial charge in [-0.3, -0.25) is 9.69 Å². The average Bonchev–Trinajstić information content (AvgIpc) is 2.80. The summed E-state index contributed by atoms with van der Waals surface area (Å²) in [5, 5.41) is 0. The molecule has 0 bridgehead atoms. The van der Waals surface area contributed by atoms with Gasteiger partial charge in [0.05, 0.1) is 13.1 Å². The molecule has 0 N–H and O–H groups in total. The van der Waals surface area contributed by atoms with Gasteiger partial charge < -0.3 is 4.74 Å². The largest absolute Gasteiger partial charge is 0.448 e. The van der Waals surface area contributed by atoms with Gasteiger partial charge in [-0.05, 0) is 12.8 Å². The highest BCUT2D eigenvalue weighted by molar-refractivity contribution is 5.87. The number of hydrogen-bond acceptors (Lipinski definition) is 3. The van der Waals surface area contributed by atoms with Gasteiger partial charge in [0.2, 0.25) is 0 Å². The van der Waals surface area contributed by atoms with E-state index in [0.29, 0.717) is 13.2 Å². The molecule has 0 aromatic heterocycles. The van der Waals surface area contributed by atoms with Crippen LogP contribution in [-0.4, -0.2) is 36.5 Å². The molecular formula is C8H11NO3. The molecule has 2 aliphatic rings. The van der Waals surface area contributed by atoms with E-state index in [0.717, 1.165) is 12.8 Å². The number of amides is 1. The van der Waals surface area contributed by atoms with Crippen LogP contribution in [0.1, 0.15) is 12.8 Å². The Hall–Kier alpha value is -1.06. The number of ketones is 1. The number of carbonyl (C=O) groups is 2. The van der Waals surface area contributed by atoms with Crippen LogP contribution >= 0.6 is 0 Å². The summed E-state index contributed by atoms with van der Waals surface area (Å²) in [6, 6.07) is 0. The van der Waals surface area contributed by atoms with Crippen molar-refractivity contribution in [3.8, 4) is 0 Å². The SMILES string of the molecule is O=C(CN1CCOC1=O)C1CC1. The van der Waals surface area contributed by atoms with Crippen LogP contribution in [0.15, 0.2) is 0 Å². The average molecular weight is 169 g/mol. The number of cyclic esters (lactones) is 1. The Morgan fingerprint density at radius 1 is 1.58 bits per heavy atom. The number of Topliss-reactive ketones (excluding diaryl/α,β-unsaturated/α-hetero) is 1. The van der Waals surface area contributed by atoms with Crippen LogP contribution in [0, 0.1) is 5.92 Å². The van der Waals surface area contributed by atoms with Gasteiger partial charge in [0.1, 0.15) is 6.61 Å². The Morgan fingerprint density at radius 2 is 2.33 bits per heavy atom. The molecule has 4 heteroatoms. The second-order valence-electron chi connectivity index (χ2n) is 3.28. The van der Waals surface area contributed by atoms with E-state index in [9.17, 15) is 9.59 Å². The summed E-state index contributed by atoms with van der Waals surface area (Å²) in [6.45, 7) is 1.25. The van der Waals surface area contributed by atoms with E-state index < -0.39 is 0 Å². The number of carbonyl (C=O) groups excluding carboxylic acids is 2. The van der Waals surface area contributed by atoms with Crippen molar-refractivity contribution in [1.29, 1.82) is 0 Å². The Morgan fingerprint density at radius 3 is 2.83 bits per heavy atom. The first-order valence-corrected chi connectivity index (χ1v) is 4.22. The van der Waals surface area contributed by atoms with E-state index in [2.05, 4.69) is 0 Å². The third-order valence-electron chi connectivity index (χ3n) is 2.22. The van der Waals surface area contributed by atoms with Gasteiger partial charge in [0.25, 0.3) is 0 Å². The molecule has 0 aromatic carbocycles. The zero-order valence-corrected chi connectivity index (χ0v) is 6.78. The van der Waals surface area contributed by atoms with Crippen molar-refractivity contribution in [3.05, 3.63) is 0 Å². The van der Waals surface area contributed by atoms with E-state index in [-0.39, 0.29) is 24.3 Å². The quantitative estimate of drug-likeness (QED) is 0.615. The summed E-state index contributed by atoms with van der Waals surface area (Å²) in [5.41, 5.74) is 0. The van der Waals surface area contributed by atoms with E-state index >= 15 is 0 Å². The van der Waals surface area contributed by atoms with Crippen molar-refractivity contribution in [2.45, 2.75) is 12.8 Å². The van der Waals surface area contributed by atoms with Crippen molar-refractivity contribution in [2.75, 3.05) is 19.7 Å². The van der Waals surface area contributed by atoms with Gasteiger partial charge in [-0.25, -0.2) is 4.79 Å². The standard InChI is InChI=1S/C8H11NO3/c10-7(6-1-2-6)5-9-3-4-12-8(9)11/h6H,1-5H2. The summed E-state index contributed by atoms with van der Waals surface area (Å²) in [4.78, 5) is 23.6. The fourth-order valence-electron chi connectivity index (χ4n) is 1.29. The summed E-state index contributed by atoms with van der Waals surface area (Å²) in [7, 11) is 0. The highest BCUT2D eigenvalue weighted by atomic mass is 16.6. The van der Waals surface area contributed by atoms with Gasteiger partial charge in [-0.2, -0.15) is 0 Å². The first-order valence-electron chi connectivity index (χ1n) is 4.22. The lowest BCUT2D eigenvalue weighted by atomic mass is 10.2. The van der Waals surface area contributed by atoms with E-state index in [1.165, 1.54) is 4.90 Å². The molecule has 0 aromatic rings.